The van der Waals surface area contributed by atoms with Crippen LogP contribution in [-0.2, 0) is 11.4 Å². The second-order valence-corrected chi connectivity index (χ2v) is 8.96. The van der Waals surface area contributed by atoms with Crippen LogP contribution in [0, 0.1) is 3.57 Å². The summed E-state index contributed by atoms with van der Waals surface area (Å²) in [6, 6.07) is 19.8. The lowest BCUT2D eigenvalue weighted by Crippen LogP contribution is -2.27. The van der Waals surface area contributed by atoms with Crippen molar-refractivity contribution in [3.63, 3.8) is 0 Å². The molecule has 0 fully saturated rings. The Morgan fingerprint density at radius 1 is 1.06 bits per heavy atom. The third-order valence-corrected chi connectivity index (χ3v) is 5.76. The van der Waals surface area contributed by atoms with E-state index in [1.54, 1.807) is 42.5 Å². The van der Waals surface area contributed by atoms with E-state index in [4.69, 9.17) is 9.47 Å². The first kappa shape index (κ1) is 24.8. The van der Waals surface area contributed by atoms with Crippen LogP contribution in [0.5, 0.6) is 11.5 Å². The van der Waals surface area contributed by atoms with Crippen LogP contribution in [0.2, 0.25) is 0 Å². The summed E-state index contributed by atoms with van der Waals surface area (Å²) in [5, 5.41) is 12.1. The van der Waals surface area contributed by atoms with Gasteiger partial charge in [0.05, 0.1) is 11.1 Å². The Morgan fingerprint density at radius 3 is 2.39 bits per heavy atom. The Kier molecular flexibility index (Phi) is 8.90. The third kappa shape index (κ3) is 7.06. The fourth-order valence-corrected chi connectivity index (χ4v) is 3.85. The zero-order chi connectivity index (χ0) is 23.8. The van der Waals surface area contributed by atoms with Crippen molar-refractivity contribution in [1.29, 1.82) is 0 Å². The summed E-state index contributed by atoms with van der Waals surface area (Å²) in [4.78, 5) is 24.2. The van der Waals surface area contributed by atoms with Crippen molar-refractivity contribution in [2.75, 3.05) is 6.61 Å². The minimum atomic E-state index is -1.26. The predicted molar refractivity (Wildman–Crippen MR) is 138 cm³/mol. The van der Waals surface area contributed by atoms with Gasteiger partial charge in [-0.05, 0) is 99.0 Å². The first-order chi connectivity index (χ1) is 15.9. The Morgan fingerprint density at radius 2 is 1.76 bits per heavy atom. The van der Waals surface area contributed by atoms with Gasteiger partial charge in [0.25, 0.3) is 5.91 Å². The van der Waals surface area contributed by atoms with Crippen molar-refractivity contribution in [2.45, 2.75) is 13.5 Å². The van der Waals surface area contributed by atoms with Gasteiger partial charge in [-0.25, -0.2) is 4.79 Å². The molecule has 6 nitrogen and oxygen atoms in total. The minimum Gasteiger partial charge on any atom is -0.490 e. The highest BCUT2D eigenvalue weighted by Gasteiger charge is 2.16. The molecule has 8 heteroatoms. The highest BCUT2D eigenvalue weighted by molar-refractivity contribution is 14.1. The first-order valence-electron chi connectivity index (χ1n) is 10.0. The minimum absolute atomic E-state index is 0.259. The van der Waals surface area contributed by atoms with Gasteiger partial charge in [-0.2, -0.15) is 0 Å². The Hall–Kier alpha value is -2.85. The second kappa shape index (κ2) is 11.9. The molecule has 0 aliphatic rings. The van der Waals surface area contributed by atoms with Gasteiger partial charge in [0.1, 0.15) is 12.3 Å². The molecule has 0 bridgehead atoms. The summed E-state index contributed by atoms with van der Waals surface area (Å²) < 4.78 is 13.5. The molecule has 0 spiro atoms. The Balaban J connectivity index is 1.86. The summed E-state index contributed by atoms with van der Waals surface area (Å²) >= 11 is 5.74. The summed E-state index contributed by atoms with van der Waals surface area (Å²) in [7, 11) is 0. The molecule has 0 radical (unpaired) electrons. The van der Waals surface area contributed by atoms with E-state index in [0.717, 1.165) is 9.13 Å². The molecule has 0 heterocycles. The van der Waals surface area contributed by atoms with Gasteiger partial charge in [-0.15, -0.1) is 0 Å². The SMILES string of the molecule is CCOc1cc(C=C(NC(=O)c2ccccc2)C(=O)O)cc(Br)c1OCc1ccc(I)cc1. The number of rotatable bonds is 9. The summed E-state index contributed by atoms with van der Waals surface area (Å²) in [6.07, 6.45) is 1.37. The quantitative estimate of drug-likeness (QED) is 0.230. The van der Waals surface area contributed by atoms with Crippen LogP contribution in [0.15, 0.2) is 76.9 Å². The number of hydrogen-bond acceptors (Lipinski definition) is 4. The maximum atomic E-state index is 12.4. The van der Waals surface area contributed by atoms with Gasteiger partial charge in [0, 0.05) is 9.13 Å². The maximum absolute atomic E-state index is 12.4. The van der Waals surface area contributed by atoms with E-state index in [0.29, 0.717) is 40.3 Å². The average molecular weight is 622 g/mol. The lowest BCUT2D eigenvalue weighted by Gasteiger charge is -2.15. The number of carboxylic acids is 1. The molecule has 0 atom stereocenters. The monoisotopic (exact) mass is 621 g/mol. The zero-order valence-corrected chi connectivity index (χ0v) is 21.4. The molecule has 0 aliphatic heterocycles. The number of benzene rings is 3. The number of carboxylic acid groups (broad SMARTS) is 1. The van der Waals surface area contributed by atoms with Gasteiger partial charge in [0.2, 0.25) is 0 Å². The van der Waals surface area contributed by atoms with E-state index in [1.165, 1.54) is 6.08 Å². The number of nitrogens with one attached hydrogen (secondary N) is 1. The molecule has 0 saturated carbocycles. The van der Waals surface area contributed by atoms with Crippen LogP contribution in [-0.4, -0.2) is 23.6 Å². The molecule has 33 heavy (non-hydrogen) atoms. The van der Waals surface area contributed by atoms with Crippen LogP contribution in [0.4, 0.5) is 0 Å². The van der Waals surface area contributed by atoms with Crippen molar-refractivity contribution in [1.82, 2.24) is 5.32 Å². The van der Waals surface area contributed by atoms with Crippen molar-refractivity contribution < 1.29 is 24.2 Å². The summed E-state index contributed by atoms with van der Waals surface area (Å²) in [6.45, 7) is 2.59. The van der Waals surface area contributed by atoms with Crippen LogP contribution in [0.1, 0.15) is 28.4 Å². The van der Waals surface area contributed by atoms with Gasteiger partial charge in [-0.1, -0.05) is 30.3 Å². The number of amides is 1. The van der Waals surface area contributed by atoms with E-state index in [9.17, 15) is 14.7 Å². The van der Waals surface area contributed by atoms with E-state index >= 15 is 0 Å². The lowest BCUT2D eigenvalue weighted by molar-refractivity contribution is -0.132. The molecule has 3 aromatic rings. The largest absolute Gasteiger partial charge is 0.490 e. The molecule has 0 saturated heterocycles. The molecule has 0 unspecified atom stereocenters. The van der Waals surface area contributed by atoms with Gasteiger partial charge >= 0.3 is 5.97 Å². The Labute approximate surface area is 213 Å². The number of carbonyl (C=O) groups is 2. The van der Waals surface area contributed by atoms with Crippen LogP contribution >= 0.6 is 38.5 Å². The fraction of sp³-hybridized carbons (Fsp3) is 0.120. The smallest absolute Gasteiger partial charge is 0.352 e. The van der Waals surface area contributed by atoms with Crippen LogP contribution in [0.3, 0.4) is 0 Å². The van der Waals surface area contributed by atoms with Gasteiger partial charge in [0.15, 0.2) is 11.5 Å². The molecule has 0 aliphatic carbocycles. The molecular formula is C25H21BrINO5. The van der Waals surface area contributed by atoms with E-state index in [1.807, 2.05) is 31.2 Å². The molecule has 1 amide bonds. The first-order valence-corrected chi connectivity index (χ1v) is 11.9. The highest BCUT2D eigenvalue weighted by atomic mass is 127. The van der Waals surface area contributed by atoms with Crippen molar-refractivity contribution in [3.05, 3.63) is 97.2 Å². The standard InChI is InChI=1S/C25H21BrINO5/c1-2-32-22-14-17(12-20(26)23(22)33-15-16-8-10-19(27)11-9-16)13-21(25(30)31)28-24(29)18-6-4-3-5-7-18/h3-14H,2,15H2,1H3,(H,28,29)(H,30,31). The Bertz CT molecular complexity index is 1160. The number of carbonyl (C=O) groups excluding carboxylic acids is 1. The van der Waals surface area contributed by atoms with Crippen LogP contribution < -0.4 is 14.8 Å². The van der Waals surface area contributed by atoms with Crippen molar-refractivity contribution in [3.8, 4) is 11.5 Å². The number of ether oxygens (including phenoxy) is 2. The van der Waals surface area contributed by atoms with Gasteiger partial charge in [-0.3, -0.25) is 4.79 Å². The van der Waals surface area contributed by atoms with Crippen molar-refractivity contribution >= 4 is 56.5 Å². The fourth-order valence-electron chi connectivity index (χ4n) is 2.91. The number of hydrogen-bond donors (Lipinski definition) is 2. The molecule has 170 valence electrons. The third-order valence-electron chi connectivity index (χ3n) is 4.45. The molecule has 3 rings (SSSR count). The van der Waals surface area contributed by atoms with Gasteiger partial charge < -0.3 is 19.9 Å². The van der Waals surface area contributed by atoms with E-state index < -0.39 is 11.9 Å². The summed E-state index contributed by atoms with van der Waals surface area (Å²) in [5.74, 6) is -0.793. The number of halogens is 2. The van der Waals surface area contributed by atoms with Crippen LogP contribution in [0.25, 0.3) is 6.08 Å². The highest BCUT2D eigenvalue weighted by Crippen LogP contribution is 2.38. The molecule has 2 N–H and O–H groups in total. The topological polar surface area (TPSA) is 84.9 Å². The molecule has 3 aromatic carbocycles. The molecular weight excluding hydrogens is 601 g/mol. The van der Waals surface area contributed by atoms with E-state index in [2.05, 4.69) is 43.8 Å². The zero-order valence-electron chi connectivity index (χ0n) is 17.7. The average Bonchev–Trinajstić information content (AvgIpc) is 2.80. The normalized spacial score (nSPS) is 11.1. The van der Waals surface area contributed by atoms with E-state index in [-0.39, 0.29) is 5.70 Å². The molecule has 0 aromatic heterocycles. The second-order valence-electron chi connectivity index (χ2n) is 6.86. The van der Waals surface area contributed by atoms with Crippen molar-refractivity contribution in [2.24, 2.45) is 0 Å². The lowest BCUT2D eigenvalue weighted by atomic mass is 10.1. The summed E-state index contributed by atoms with van der Waals surface area (Å²) in [5.41, 5.74) is 1.63. The predicted octanol–water partition coefficient (Wildman–Crippen LogP) is 5.89. The number of aliphatic carboxylic acids is 1. The maximum Gasteiger partial charge on any atom is 0.352 e.